The van der Waals surface area contributed by atoms with Crippen LogP contribution >= 0.6 is 0 Å². The number of anilines is 1. The highest BCUT2D eigenvalue weighted by molar-refractivity contribution is 7.89. The van der Waals surface area contributed by atoms with Crippen molar-refractivity contribution in [2.45, 2.75) is 44.4 Å². The summed E-state index contributed by atoms with van der Waals surface area (Å²) in [5.41, 5.74) is 6.92. The highest BCUT2D eigenvalue weighted by Crippen LogP contribution is 2.28. The second-order valence-corrected chi connectivity index (χ2v) is 7.68. The minimum Gasteiger partial charge on any atom is -0.398 e. The third-order valence-electron chi connectivity index (χ3n) is 4.31. The highest BCUT2D eigenvalue weighted by atomic mass is 32.2. The van der Waals surface area contributed by atoms with Gasteiger partial charge in [0.25, 0.3) is 0 Å². The van der Waals surface area contributed by atoms with Crippen molar-refractivity contribution in [1.82, 2.24) is 4.72 Å². The normalized spacial score (nSPS) is 23.7. The fourth-order valence-electron chi connectivity index (χ4n) is 2.76. The van der Waals surface area contributed by atoms with Crippen LogP contribution in [-0.4, -0.2) is 15.0 Å². The van der Waals surface area contributed by atoms with E-state index in [1.54, 1.807) is 25.1 Å². The van der Waals surface area contributed by atoms with Gasteiger partial charge in [-0.3, -0.25) is 0 Å². The zero-order chi connectivity index (χ0) is 14.8. The number of benzene rings is 1. The van der Waals surface area contributed by atoms with Gasteiger partial charge < -0.3 is 5.73 Å². The van der Waals surface area contributed by atoms with Crippen LogP contribution in [0.3, 0.4) is 0 Å². The second-order valence-electron chi connectivity index (χ2n) is 5.95. The average molecular weight is 296 g/mol. The summed E-state index contributed by atoms with van der Waals surface area (Å²) < 4.78 is 27.4. The van der Waals surface area contributed by atoms with Gasteiger partial charge in [0, 0.05) is 12.2 Å². The fourth-order valence-corrected chi connectivity index (χ4v) is 4.15. The van der Waals surface area contributed by atoms with Gasteiger partial charge in [-0.05, 0) is 49.3 Å². The van der Waals surface area contributed by atoms with Gasteiger partial charge in [-0.15, -0.1) is 0 Å². The predicted molar refractivity (Wildman–Crippen MR) is 81.9 cm³/mol. The first-order chi connectivity index (χ1) is 9.40. The number of nitrogens with two attached hydrogens (primary N) is 1. The lowest BCUT2D eigenvalue weighted by Crippen LogP contribution is -2.31. The maximum atomic E-state index is 12.3. The molecular weight excluding hydrogens is 272 g/mol. The lowest BCUT2D eigenvalue weighted by molar-refractivity contribution is 0.290. The Labute approximate surface area is 121 Å². The topological polar surface area (TPSA) is 72.2 Å². The summed E-state index contributed by atoms with van der Waals surface area (Å²) in [5, 5.41) is 0. The Morgan fingerprint density at radius 2 is 1.90 bits per heavy atom. The summed E-state index contributed by atoms with van der Waals surface area (Å²) >= 11 is 0. The van der Waals surface area contributed by atoms with Crippen LogP contribution in [0.1, 0.15) is 38.2 Å². The third kappa shape index (κ3) is 3.52. The van der Waals surface area contributed by atoms with E-state index in [4.69, 9.17) is 5.73 Å². The van der Waals surface area contributed by atoms with Crippen molar-refractivity contribution in [3.05, 3.63) is 23.8 Å². The summed E-state index contributed by atoms with van der Waals surface area (Å²) in [7, 11) is -3.46. The molecule has 1 aromatic carbocycles. The first kappa shape index (κ1) is 15.3. The van der Waals surface area contributed by atoms with Gasteiger partial charge in [0.05, 0.1) is 4.90 Å². The molecule has 0 bridgehead atoms. The molecule has 5 heteroatoms. The largest absolute Gasteiger partial charge is 0.398 e. The molecule has 112 valence electrons. The van der Waals surface area contributed by atoms with E-state index < -0.39 is 10.0 Å². The van der Waals surface area contributed by atoms with Gasteiger partial charge in [-0.2, -0.15) is 0 Å². The van der Waals surface area contributed by atoms with Gasteiger partial charge in [-0.25, -0.2) is 13.1 Å². The van der Waals surface area contributed by atoms with E-state index in [9.17, 15) is 8.42 Å². The van der Waals surface area contributed by atoms with E-state index in [0.29, 0.717) is 28.6 Å². The molecule has 0 unspecified atom stereocenters. The third-order valence-corrected chi connectivity index (χ3v) is 5.88. The summed E-state index contributed by atoms with van der Waals surface area (Å²) in [6.07, 6.45) is 4.62. The van der Waals surface area contributed by atoms with E-state index in [1.807, 2.05) is 0 Å². The Balaban J connectivity index is 2.03. The Morgan fingerprint density at radius 1 is 1.25 bits per heavy atom. The zero-order valence-corrected chi connectivity index (χ0v) is 13.0. The Kier molecular flexibility index (Phi) is 4.70. The van der Waals surface area contributed by atoms with E-state index >= 15 is 0 Å². The minimum atomic E-state index is -3.46. The van der Waals surface area contributed by atoms with Crippen molar-refractivity contribution in [1.29, 1.82) is 0 Å². The Hall–Kier alpha value is -1.07. The summed E-state index contributed by atoms with van der Waals surface area (Å²) in [6.45, 7) is 4.53. The molecule has 3 N–H and O–H groups in total. The second kappa shape index (κ2) is 6.14. The molecule has 0 radical (unpaired) electrons. The number of hydrogen-bond acceptors (Lipinski definition) is 3. The molecular formula is C15H24N2O2S. The maximum Gasteiger partial charge on any atom is 0.240 e. The smallest absolute Gasteiger partial charge is 0.240 e. The molecule has 0 saturated heterocycles. The molecule has 20 heavy (non-hydrogen) atoms. The molecule has 0 aromatic heterocycles. The zero-order valence-electron chi connectivity index (χ0n) is 12.2. The summed E-state index contributed by atoms with van der Waals surface area (Å²) in [5.74, 6) is 1.24. The molecule has 1 aliphatic carbocycles. The molecule has 2 rings (SSSR count). The van der Waals surface area contributed by atoms with Crippen LogP contribution in [0, 0.1) is 18.8 Å². The van der Waals surface area contributed by atoms with Crippen molar-refractivity contribution in [2.24, 2.45) is 11.8 Å². The molecule has 1 aliphatic rings. The predicted octanol–water partition coefficient (Wildman–Crippen LogP) is 2.68. The Morgan fingerprint density at radius 3 is 2.55 bits per heavy atom. The number of nitrogen functional groups attached to an aromatic ring is 1. The molecule has 0 spiro atoms. The minimum absolute atomic E-state index is 0.293. The molecule has 1 fully saturated rings. The van der Waals surface area contributed by atoms with Crippen molar-refractivity contribution in [3.63, 3.8) is 0 Å². The number of rotatable bonds is 4. The van der Waals surface area contributed by atoms with E-state index in [0.717, 1.165) is 18.8 Å². The molecule has 1 saturated carbocycles. The monoisotopic (exact) mass is 296 g/mol. The van der Waals surface area contributed by atoms with Crippen molar-refractivity contribution < 1.29 is 8.42 Å². The average Bonchev–Trinajstić information content (AvgIpc) is 2.41. The van der Waals surface area contributed by atoms with E-state index in [1.165, 1.54) is 12.8 Å². The maximum absolute atomic E-state index is 12.3. The van der Waals surface area contributed by atoms with Crippen LogP contribution in [0.5, 0.6) is 0 Å². The standard InChI is InChI=1S/C15H24N2O2S/c1-11-6-8-13(9-7-11)10-17-20(18,19)15-5-3-4-14(16)12(15)2/h3-5,11,13,17H,6-10,16H2,1-2H3. The fraction of sp³-hybridized carbons (Fsp3) is 0.600. The van der Waals surface area contributed by atoms with Crippen LogP contribution in [0.4, 0.5) is 5.69 Å². The van der Waals surface area contributed by atoms with Gasteiger partial charge in [0.15, 0.2) is 0 Å². The number of nitrogens with one attached hydrogen (secondary N) is 1. The molecule has 0 heterocycles. The van der Waals surface area contributed by atoms with E-state index in [2.05, 4.69) is 11.6 Å². The van der Waals surface area contributed by atoms with Crippen LogP contribution in [-0.2, 0) is 10.0 Å². The van der Waals surface area contributed by atoms with E-state index in [-0.39, 0.29) is 0 Å². The molecule has 1 aromatic rings. The van der Waals surface area contributed by atoms with Gasteiger partial charge in [0.1, 0.15) is 0 Å². The molecule has 0 atom stereocenters. The van der Waals surface area contributed by atoms with Crippen molar-refractivity contribution >= 4 is 15.7 Å². The van der Waals surface area contributed by atoms with Gasteiger partial charge in [0.2, 0.25) is 10.0 Å². The quantitative estimate of drug-likeness (QED) is 0.839. The molecule has 0 aliphatic heterocycles. The van der Waals surface area contributed by atoms with Crippen LogP contribution in [0.2, 0.25) is 0 Å². The highest BCUT2D eigenvalue weighted by Gasteiger charge is 2.22. The number of hydrogen-bond donors (Lipinski definition) is 2. The number of sulfonamides is 1. The molecule has 0 amide bonds. The van der Waals surface area contributed by atoms with Crippen molar-refractivity contribution in [3.8, 4) is 0 Å². The first-order valence-electron chi connectivity index (χ1n) is 7.25. The van der Waals surface area contributed by atoms with Crippen molar-refractivity contribution in [2.75, 3.05) is 12.3 Å². The summed E-state index contributed by atoms with van der Waals surface area (Å²) in [4.78, 5) is 0.293. The lowest BCUT2D eigenvalue weighted by atomic mass is 9.83. The Bertz CT molecular complexity index is 561. The SMILES string of the molecule is Cc1c(N)cccc1S(=O)(=O)NCC1CCC(C)CC1. The molecule has 4 nitrogen and oxygen atoms in total. The first-order valence-corrected chi connectivity index (χ1v) is 8.73. The summed E-state index contributed by atoms with van der Waals surface area (Å²) in [6, 6.07) is 5.01. The van der Waals surface area contributed by atoms with Crippen LogP contribution < -0.4 is 10.5 Å². The van der Waals surface area contributed by atoms with Gasteiger partial charge in [-0.1, -0.05) is 25.8 Å². The van der Waals surface area contributed by atoms with Crippen LogP contribution in [0.25, 0.3) is 0 Å². The van der Waals surface area contributed by atoms with Crippen LogP contribution in [0.15, 0.2) is 23.1 Å². The van der Waals surface area contributed by atoms with Gasteiger partial charge >= 0.3 is 0 Å². The lowest BCUT2D eigenvalue weighted by Gasteiger charge is -2.26.